The lowest BCUT2D eigenvalue weighted by Gasteiger charge is -2.20. The lowest BCUT2D eigenvalue weighted by Crippen LogP contribution is -2.10. The second-order valence-corrected chi connectivity index (χ2v) is 5.61. The minimum atomic E-state index is 0.0795. The van der Waals surface area contributed by atoms with E-state index in [4.69, 9.17) is 14.6 Å². The molecule has 2 rings (SSSR count). The third kappa shape index (κ3) is 3.19. The molecular weight excluding hydrogens is 248 g/mol. The number of rotatable bonds is 5. The smallest absolute Gasteiger partial charge is 0.123 e. The van der Waals surface area contributed by atoms with Gasteiger partial charge in [-0.2, -0.15) is 11.8 Å². The van der Waals surface area contributed by atoms with Crippen LogP contribution in [0.15, 0.2) is 18.2 Å². The van der Waals surface area contributed by atoms with Crippen LogP contribution in [0.25, 0.3) is 0 Å². The molecule has 1 atom stereocenters. The van der Waals surface area contributed by atoms with Gasteiger partial charge in [0.05, 0.1) is 32.2 Å². The van der Waals surface area contributed by atoms with Crippen LogP contribution in [0.1, 0.15) is 22.8 Å². The third-order valence-corrected chi connectivity index (χ3v) is 4.41. The van der Waals surface area contributed by atoms with E-state index in [1.165, 1.54) is 17.5 Å². The van der Waals surface area contributed by atoms with Crippen LogP contribution in [-0.4, -0.2) is 37.8 Å². The zero-order valence-corrected chi connectivity index (χ0v) is 11.5. The topological polar surface area (TPSA) is 38.7 Å². The highest BCUT2D eigenvalue weighted by Crippen LogP contribution is 2.40. The number of aliphatic hydroxyl groups is 1. The summed E-state index contributed by atoms with van der Waals surface area (Å²) < 4.78 is 11.0. The van der Waals surface area contributed by atoms with Crippen LogP contribution in [-0.2, 0) is 11.2 Å². The lowest BCUT2D eigenvalue weighted by atomic mass is 10.00. The second-order valence-electron chi connectivity index (χ2n) is 4.29. The molecule has 1 aliphatic heterocycles. The van der Waals surface area contributed by atoms with Gasteiger partial charge < -0.3 is 14.6 Å². The molecule has 1 aromatic rings. The molecule has 1 unspecified atom stereocenters. The normalized spacial score (nSPS) is 19.1. The predicted octanol–water partition coefficient (Wildman–Crippen LogP) is 2.42. The van der Waals surface area contributed by atoms with Crippen molar-refractivity contribution in [2.24, 2.45) is 0 Å². The van der Waals surface area contributed by atoms with Gasteiger partial charge in [-0.25, -0.2) is 0 Å². The number of benzene rings is 1. The average molecular weight is 268 g/mol. The fraction of sp³-hybridized carbons (Fsp3) is 0.571. The molecule has 0 aromatic heterocycles. The minimum absolute atomic E-state index is 0.0795. The molecule has 100 valence electrons. The molecule has 0 saturated carbocycles. The van der Waals surface area contributed by atoms with E-state index < -0.39 is 0 Å². The molecule has 0 amide bonds. The monoisotopic (exact) mass is 268 g/mol. The van der Waals surface area contributed by atoms with Gasteiger partial charge in [0.1, 0.15) is 5.75 Å². The second kappa shape index (κ2) is 7.02. The maximum atomic E-state index is 8.79. The van der Waals surface area contributed by atoms with E-state index in [1.54, 1.807) is 7.11 Å². The van der Waals surface area contributed by atoms with Crippen molar-refractivity contribution in [3.8, 4) is 5.75 Å². The predicted molar refractivity (Wildman–Crippen MR) is 74.4 cm³/mol. The fourth-order valence-corrected chi connectivity index (χ4v) is 3.53. The molecule has 0 saturated heterocycles. The Bertz CT molecular complexity index is 381. The van der Waals surface area contributed by atoms with Gasteiger partial charge in [0.2, 0.25) is 0 Å². The van der Waals surface area contributed by atoms with Gasteiger partial charge >= 0.3 is 0 Å². The van der Waals surface area contributed by atoms with Crippen LogP contribution < -0.4 is 4.74 Å². The molecule has 0 fully saturated rings. The van der Waals surface area contributed by atoms with Gasteiger partial charge in [-0.15, -0.1) is 0 Å². The highest BCUT2D eigenvalue weighted by atomic mass is 32.2. The van der Waals surface area contributed by atoms with Crippen molar-refractivity contribution in [2.75, 3.05) is 32.7 Å². The lowest BCUT2D eigenvalue weighted by molar-refractivity contribution is 0.0929. The summed E-state index contributed by atoms with van der Waals surface area (Å²) in [4.78, 5) is 0. The van der Waals surface area contributed by atoms with Gasteiger partial charge in [0.25, 0.3) is 0 Å². The standard InChI is InChI=1S/C14H20O3S/c1-16-12-6-2-4-11-5-3-9-18-13(14(11)12)10-17-8-7-15/h2,4,6,13,15H,3,5,7-10H2,1H3. The summed E-state index contributed by atoms with van der Waals surface area (Å²) in [6, 6.07) is 6.26. The zero-order valence-electron chi connectivity index (χ0n) is 10.7. The number of aryl methyl sites for hydroxylation is 1. The number of hydrogen-bond donors (Lipinski definition) is 1. The molecule has 0 bridgehead atoms. The Hall–Kier alpha value is -0.710. The van der Waals surface area contributed by atoms with E-state index in [-0.39, 0.29) is 6.61 Å². The van der Waals surface area contributed by atoms with Crippen molar-refractivity contribution in [3.05, 3.63) is 29.3 Å². The number of hydrogen-bond acceptors (Lipinski definition) is 4. The quantitative estimate of drug-likeness (QED) is 0.832. The van der Waals surface area contributed by atoms with E-state index >= 15 is 0 Å². The number of aliphatic hydroxyl groups excluding tert-OH is 1. The molecular formula is C14H20O3S. The Labute approximate surface area is 112 Å². The SMILES string of the molecule is COc1cccc2c1C(COCCO)SCCC2. The molecule has 1 aromatic carbocycles. The zero-order chi connectivity index (χ0) is 12.8. The average Bonchev–Trinajstić information content (AvgIpc) is 2.61. The van der Waals surface area contributed by atoms with Crippen molar-refractivity contribution < 1.29 is 14.6 Å². The van der Waals surface area contributed by atoms with E-state index in [1.807, 2.05) is 17.8 Å². The Morgan fingerprint density at radius 3 is 3.11 bits per heavy atom. The molecule has 18 heavy (non-hydrogen) atoms. The molecule has 4 heteroatoms. The summed E-state index contributed by atoms with van der Waals surface area (Å²) in [5, 5.41) is 9.10. The first-order valence-corrected chi connectivity index (χ1v) is 7.37. The maximum Gasteiger partial charge on any atom is 0.123 e. The van der Waals surface area contributed by atoms with Crippen molar-refractivity contribution in [1.29, 1.82) is 0 Å². The van der Waals surface area contributed by atoms with Crippen molar-refractivity contribution in [2.45, 2.75) is 18.1 Å². The van der Waals surface area contributed by atoms with Crippen molar-refractivity contribution in [1.82, 2.24) is 0 Å². The summed E-state index contributed by atoms with van der Waals surface area (Å²) in [5.74, 6) is 2.10. The Morgan fingerprint density at radius 1 is 1.44 bits per heavy atom. The molecule has 0 aliphatic carbocycles. The van der Waals surface area contributed by atoms with Gasteiger partial charge in [-0.05, 0) is 30.2 Å². The van der Waals surface area contributed by atoms with Crippen LogP contribution in [0.5, 0.6) is 5.75 Å². The van der Waals surface area contributed by atoms with Crippen LogP contribution in [0.4, 0.5) is 0 Å². The van der Waals surface area contributed by atoms with Crippen molar-refractivity contribution in [3.63, 3.8) is 0 Å². The van der Waals surface area contributed by atoms with Crippen LogP contribution in [0.3, 0.4) is 0 Å². The number of thioether (sulfide) groups is 1. The first-order chi connectivity index (χ1) is 8.86. The van der Waals surface area contributed by atoms with Gasteiger partial charge in [0, 0.05) is 5.56 Å². The Balaban J connectivity index is 2.21. The van der Waals surface area contributed by atoms with E-state index in [9.17, 15) is 0 Å². The highest BCUT2D eigenvalue weighted by Gasteiger charge is 2.23. The number of fused-ring (bicyclic) bond motifs is 1. The van der Waals surface area contributed by atoms with E-state index in [0.29, 0.717) is 18.5 Å². The van der Waals surface area contributed by atoms with E-state index in [2.05, 4.69) is 12.1 Å². The highest BCUT2D eigenvalue weighted by molar-refractivity contribution is 7.99. The largest absolute Gasteiger partial charge is 0.496 e. The molecule has 1 aliphatic rings. The first-order valence-electron chi connectivity index (χ1n) is 6.32. The molecule has 3 nitrogen and oxygen atoms in total. The number of methoxy groups -OCH3 is 1. The Morgan fingerprint density at radius 2 is 2.33 bits per heavy atom. The number of ether oxygens (including phenoxy) is 2. The molecule has 0 spiro atoms. The van der Waals surface area contributed by atoms with Crippen LogP contribution >= 0.6 is 11.8 Å². The van der Waals surface area contributed by atoms with Crippen molar-refractivity contribution >= 4 is 11.8 Å². The summed E-state index contributed by atoms with van der Waals surface area (Å²) in [6.45, 7) is 1.12. The van der Waals surface area contributed by atoms with Gasteiger partial charge in [-0.1, -0.05) is 12.1 Å². The fourth-order valence-electron chi connectivity index (χ4n) is 2.31. The van der Waals surface area contributed by atoms with Crippen LogP contribution in [0, 0.1) is 0 Å². The summed E-state index contributed by atoms with van der Waals surface area (Å²) in [7, 11) is 1.72. The third-order valence-electron chi connectivity index (χ3n) is 3.11. The first kappa shape index (κ1) is 13.7. The maximum absolute atomic E-state index is 8.79. The molecule has 1 N–H and O–H groups in total. The summed E-state index contributed by atoms with van der Waals surface area (Å²) in [5.41, 5.74) is 2.65. The van der Waals surface area contributed by atoms with E-state index in [0.717, 1.165) is 17.9 Å². The van der Waals surface area contributed by atoms with Gasteiger partial charge in [0.15, 0.2) is 0 Å². The van der Waals surface area contributed by atoms with Crippen LogP contribution in [0.2, 0.25) is 0 Å². The molecule has 1 heterocycles. The minimum Gasteiger partial charge on any atom is -0.496 e. The summed E-state index contributed by atoms with van der Waals surface area (Å²) in [6.07, 6.45) is 2.30. The summed E-state index contributed by atoms with van der Waals surface area (Å²) >= 11 is 1.92. The Kier molecular flexibility index (Phi) is 5.35. The van der Waals surface area contributed by atoms with Gasteiger partial charge in [-0.3, -0.25) is 0 Å². The molecule has 0 radical (unpaired) electrons.